The third-order valence-corrected chi connectivity index (χ3v) is 3.65. The molecule has 0 bridgehead atoms. The standard InChI is InChI=1S/C14H24N2O4/c1-3-4-9-14(2)12(19)16(13(20)15-14)10-7-5-6-8-11(17)18/h3-10H2,1-2H3,(H,15,20)(H,17,18). The first-order chi connectivity index (χ1) is 9.40. The van der Waals surface area contributed by atoms with Crippen molar-refractivity contribution in [2.75, 3.05) is 6.54 Å². The van der Waals surface area contributed by atoms with Crippen LogP contribution in [0.25, 0.3) is 0 Å². The molecule has 1 rings (SSSR count). The number of aliphatic carboxylic acids is 1. The Labute approximate surface area is 119 Å². The summed E-state index contributed by atoms with van der Waals surface area (Å²) in [6.45, 7) is 4.18. The van der Waals surface area contributed by atoms with Crippen molar-refractivity contribution < 1.29 is 19.5 Å². The Hall–Kier alpha value is -1.59. The lowest BCUT2D eigenvalue weighted by Gasteiger charge is -2.21. The van der Waals surface area contributed by atoms with E-state index in [0.29, 0.717) is 32.2 Å². The molecule has 0 aromatic rings. The maximum absolute atomic E-state index is 12.3. The maximum atomic E-state index is 12.3. The number of hydrogen-bond acceptors (Lipinski definition) is 3. The lowest BCUT2D eigenvalue weighted by molar-refractivity contribution is -0.137. The molecule has 0 aromatic carbocycles. The Bertz CT molecular complexity index is 383. The van der Waals surface area contributed by atoms with E-state index in [1.165, 1.54) is 4.90 Å². The molecule has 114 valence electrons. The van der Waals surface area contributed by atoms with E-state index in [1.54, 1.807) is 6.92 Å². The fourth-order valence-corrected chi connectivity index (χ4v) is 2.37. The zero-order chi connectivity index (χ0) is 15.2. The average Bonchev–Trinajstić information content (AvgIpc) is 2.59. The van der Waals surface area contributed by atoms with Gasteiger partial charge in [0.1, 0.15) is 5.54 Å². The van der Waals surface area contributed by atoms with Gasteiger partial charge in [-0.15, -0.1) is 0 Å². The third kappa shape index (κ3) is 4.21. The van der Waals surface area contributed by atoms with Gasteiger partial charge in [0.05, 0.1) is 0 Å². The summed E-state index contributed by atoms with van der Waals surface area (Å²) in [6.07, 6.45) is 4.60. The fourth-order valence-electron chi connectivity index (χ4n) is 2.37. The second-order valence-corrected chi connectivity index (χ2v) is 5.53. The zero-order valence-electron chi connectivity index (χ0n) is 12.3. The maximum Gasteiger partial charge on any atom is 0.325 e. The van der Waals surface area contributed by atoms with Crippen molar-refractivity contribution in [1.82, 2.24) is 10.2 Å². The molecule has 1 aliphatic rings. The number of carbonyl (C=O) groups excluding carboxylic acids is 2. The SMILES string of the molecule is CCCCC1(C)NC(=O)N(CCCCCC(=O)O)C1=O. The fraction of sp³-hybridized carbons (Fsp3) is 0.786. The van der Waals surface area contributed by atoms with Crippen molar-refractivity contribution in [2.24, 2.45) is 0 Å². The molecule has 0 saturated carbocycles. The van der Waals surface area contributed by atoms with E-state index < -0.39 is 11.5 Å². The van der Waals surface area contributed by atoms with Crippen LogP contribution in [0.5, 0.6) is 0 Å². The Morgan fingerprint density at radius 1 is 1.25 bits per heavy atom. The molecule has 1 saturated heterocycles. The predicted molar refractivity (Wildman–Crippen MR) is 74.3 cm³/mol. The molecule has 0 spiro atoms. The smallest absolute Gasteiger partial charge is 0.325 e. The number of carbonyl (C=O) groups is 3. The molecule has 6 nitrogen and oxygen atoms in total. The van der Waals surface area contributed by atoms with Crippen LogP contribution in [0.15, 0.2) is 0 Å². The first kappa shape index (κ1) is 16.5. The van der Waals surface area contributed by atoms with Crippen LogP contribution in [0.4, 0.5) is 4.79 Å². The van der Waals surface area contributed by atoms with E-state index in [9.17, 15) is 14.4 Å². The van der Waals surface area contributed by atoms with Gasteiger partial charge in [0.2, 0.25) is 0 Å². The minimum Gasteiger partial charge on any atom is -0.481 e. The molecular weight excluding hydrogens is 260 g/mol. The number of nitrogens with one attached hydrogen (secondary N) is 1. The average molecular weight is 284 g/mol. The highest BCUT2D eigenvalue weighted by Crippen LogP contribution is 2.23. The minimum absolute atomic E-state index is 0.133. The number of rotatable bonds is 9. The molecule has 1 unspecified atom stereocenters. The van der Waals surface area contributed by atoms with Crippen LogP contribution in [0, 0.1) is 0 Å². The Morgan fingerprint density at radius 3 is 2.55 bits per heavy atom. The van der Waals surface area contributed by atoms with Crippen molar-refractivity contribution in [3.8, 4) is 0 Å². The van der Waals surface area contributed by atoms with E-state index >= 15 is 0 Å². The normalized spacial score (nSPS) is 22.2. The van der Waals surface area contributed by atoms with Gasteiger partial charge >= 0.3 is 12.0 Å². The number of imide groups is 1. The van der Waals surface area contributed by atoms with Gasteiger partial charge in [0, 0.05) is 13.0 Å². The number of amides is 3. The summed E-state index contributed by atoms with van der Waals surface area (Å²) in [6, 6.07) is -0.327. The van der Waals surface area contributed by atoms with Crippen LogP contribution in [0.1, 0.15) is 58.8 Å². The van der Waals surface area contributed by atoms with E-state index in [0.717, 1.165) is 12.8 Å². The van der Waals surface area contributed by atoms with Gasteiger partial charge in [-0.25, -0.2) is 4.79 Å². The molecule has 20 heavy (non-hydrogen) atoms. The summed E-state index contributed by atoms with van der Waals surface area (Å²) in [4.78, 5) is 35.7. The number of hydrogen-bond donors (Lipinski definition) is 2. The van der Waals surface area contributed by atoms with Gasteiger partial charge in [0.25, 0.3) is 5.91 Å². The van der Waals surface area contributed by atoms with Crippen LogP contribution >= 0.6 is 0 Å². The molecule has 6 heteroatoms. The molecule has 0 aromatic heterocycles. The number of carboxylic acids is 1. The highest BCUT2D eigenvalue weighted by atomic mass is 16.4. The second-order valence-electron chi connectivity index (χ2n) is 5.53. The van der Waals surface area contributed by atoms with Gasteiger partial charge in [-0.3, -0.25) is 14.5 Å². The third-order valence-electron chi connectivity index (χ3n) is 3.65. The van der Waals surface area contributed by atoms with Crippen LogP contribution < -0.4 is 5.32 Å². The van der Waals surface area contributed by atoms with E-state index in [-0.39, 0.29) is 18.4 Å². The first-order valence-corrected chi connectivity index (χ1v) is 7.26. The van der Waals surface area contributed by atoms with E-state index in [4.69, 9.17) is 5.11 Å². The van der Waals surface area contributed by atoms with Crippen LogP contribution in [-0.2, 0) is 9.59 Å². The molecule has 1 atom stereocenters. The Balaban J connectivity index is 2.41. The molecule has 1 fully saturated rings. The van der Waals surface area contributed by atoms with Gasteiger partial charge in [-0.2, -0.15) is 0 Å². The van der Waals surface area contributed by atoms with Crippen molar-refractivity contribution in [1.29, 1.82) is 0 Å². The Kier molecular flexibility index (Phi) is 5.98. The minimum atomic E-state index is -0.813. The lowest BCUT2D eigenvalue weighted by atomic mass is 9.95. The van der Waals surface area contributed by atoms with Crippen LogP contribution in [0.2, 0.25) is 0 Å². The number of carboxylic acid groups (broad SMARTS) is 1. The molecule has 2 N–H and O–H groups in total. The van der Waals surface area contributed by atoms with E-state index in [1.807, 2.05) is 6.92 Å². The summed E-state index contributed by atoms with van der Waals surface area (Å²) in [7, 11) is 0. The molecule has 0 radical (unpaired) electrons. The van der Waals surface area contributed by atoms with Crippen LogP contribution in [-0.4, -0.2) is 40.0 Å². The monoisotopic (exact) mass is 284 g/mol. The molecule has 1 heterocycles. The summed E-state index contributed by atoms with van der Waals surface area (Å²) in [5.74, 6) is -0.971. The van der Waals surface area contributed by atoms with Gasteiger partial charge in [0.15, 0.2) is 0 Å². The predicted octanol–water partition coefficient (Wildman–Crippen LogP) is 2.13. The molecular formula is C14H24N2O4. The summed E-state index contributed by atoms with van der Waals surface area (Å²) >= 11 is 0. The quantitative estimate of drug-likeness (QED) is 0.501. The number of unbranched alkanes of at least 4 members (excludes halogenated alkanes) is 3. The van der Waals surface area contributed by atoms with E-state index in [2.05, 4.69) is 5.32 Å². The first-order valence-electron chi connectivity index (χ1n) is 7.26. The second kappa shape index (κ2) is 7.26. The van der Waals surface area contributed by atoms with Crippen molar-refractivity contribution in [3.05, 3.63) is 0 Å². The molecule has 3 amide bonds. The van der Waals surface area contributed by atoms with Crippen molar-refractivity contribution in [3.63, 3.8) is 0 Å². The van der Waals surface area contributed by atoms with Gasteiger partial charge in [-0.1, -0.05) is 26.2 Å². The summed E-state index contributed by atoms with van der Waals surface area (Å²) in [5.41, 5.74) is -0.770. The molecule has 1 aliphatic heterocycles. The lowest BCUT2D eigenvalue weighted by Crippen LogP contribution is -2.43. The molecule has 0 aliphatic carbocycles. The zero-order valence-corrected chi connectivity index (χ0v) is 12.3. The van der Waals surface area contributed by atoms with Crippen molar-refractivity contribution in [2.45, 2.75) is 64.3 Å². The van der Waals surface area contributed by atoms with Crippen molar-refractivity contribution >= 4 is 17.9 Å². The Morgan fingerprint density at radius 2 is 1.95 bits per heavy atom. The van der Waals surface area contributed by atoms with Gasteiger partial charge in [-0.05, 0) is 26.2 Å². The highest BCUT2D eigenvalue weighted by molar-refractivity contribution is 6.06. The van der Waals surface area contributed by atoms with Gasteiger partial charge < -0.3 is 10.4 Å². The highest BCUT2D eigenvalue weighted by Gasteiger charge is 2.46. The number of urea groups is 1. The summed E-state index contributed by atoms with van der Waals surface area (Å²) < 4.78 is 0. The summed E-state index contributed by atoms with van der Waals surface area (Å²) in [5, 5.41) is 11.3. The van der Waals surface area contributed by atoms with Crippen LogP contribution in [0.3, 0.4) is 0 Å². The topological polar surface area (TPSA) is 86.7 Å². The largest absolute Gasteiger partial charge is 0.481 e. The number of nitrogens with zero attached hydrogens (tertiary/aromatic N) is 1.